The van der Waals surface area contributed by atoms with E-state index in [1.54, 1.807) is 0 Å². The molecular weight excluding hydrogens is 366 g/mol. The molecule has 0 atom stereocenters. The average Bonchev–Trinajstić information content (AvgIpc) is 2.75. The average molecular weight is 394 g/mol. The van der Waals surface area contributed by atoms with Crippen LogP contribution in [0.5, 0.6) is 0 Å². The summed E-state index contributed by atoms with van der Waals surface area (Å²) in [6.45, 7) is 12.3. The van der Waals surface area contributed by atoms with E-state index in [1.165, 1.54) is 6.20 Å². The summed E-state index contributed by atoms with van der Waals surface area (Å²) in [5.41, 5.74) is 10.6. The molecule has 0 aliphatic rings. The van der Waals surface area contributed by atoms with Gasteiger partial charge in [-0.3, -0.25) is 4.98 Å². The highest BCUT2D eigenvalue weighted by Gasteiger charge is 2.16. The van der Waals surface area contributed by atoms with Gasteiger partial charge in [0.05, 0.1) is 16.9 Å². The van der Waals surface area contributed by atoms with E-state index < -0.39 is 0 Å². The lowest BCUT2D eigenvalue weighted by Gasteiger charge is -2.28. The van der Waals surface area contributed by atoms with Crippen LogP contribution in [-0.2, 0) is 0 Å². The second-order valence-electron chi connectivity index (χ2n) is 6.98. The lowest BCUT2D eigenvalue weighted by molar-refractivity contribution is 1.19. The molecule has 2 aromatic carbocycles. The van der Waals surface area contributed by atoms with Crippen molar-refractivity contribution in [2.75, 3.05) is 4.90 Å². The number of benzene rings is 2. The van der Waals surface area contributed by atoms with Crippen LogP contribution in [0, 0.1) is 0 Å². The maximum absolute atomic E-state index is 5.62. The highest BCUT2D eigenvalue weighted by atomic mass is 15.1. The summed E-state index contributed by atoms with van der Waals surface area (Å²) in [7, 11) is 0. The van der Waals surface area contributed by atoms with E-state index >= 15 is 0 Å². The van der Waals surface area contributed by atoms with Gasteiger partial charge < -0.3 is 10.6 Å². The number of nitrogens with zero attached hydrogens (tertiary/aromatic N) is 2. The number of anilines is 2. The Morgan fingerprint density at radius 1 is 1.03 bits per heavy atom. The molecule has 3 rings (SSSR count). The predicted molar refractivity (Wildman–Crippen MR) is 131 cm³/mol. The predicted octanol–water partition coefficient (Wildman–Crippen LogP) is 5.07. The minimum Gasteiger partial charge on any atom is -0.405 e. The van der Waals surface area contributed by atoms with Crippen LogP contribution in [0.1, 0.15) is 13.8 Å². The van der Waals surface area contributed by atoms with Crippen molar-refractivity contribution >= 4 is 34.9 Å². The molecule has 3 aromatic rings. The molecule has 3 heteroatoms. The molecule has 30 heavy (non-hydrogen) atoms. The fourth-order valence-corrected chi connectivity index (χ4v) is 3.36. The number of rotatable bonds is 6. The zero-order valence-corrected chi connectivity index (χ0v) is 17.5. The molecule has 0 unspecified atom stereocenters. The van der Waals surface area contributed by atoms with Crippen LogP contribution in [0.25, 0.3) is 23.6 Å². The Bertz CT molecular complexity index is 1260. The van der Waals surface area contributed by atoms with Crippen LogP contribution < -0.4 is 21.1 Å². The molecule has 0 spiro atoms. The fourth-order valence-electron chi connectivity index (χ4n) is 3.36. The topological polar surface area (TPSA) is 42.1 Å². The summed E-state index contributed by atoms with van der Waals surface area (Å²) in [6.07, 6.45) is 13.3. The maximum atomic E-state index is 5.62. The van der Waals surface area contributed by atoms with E-state index in [0.717, 1.165) is 44.0 Å². The minimum absolute atomic E-state index is 0.924. The number of allylic oxidation sites excluding steroid dienone is 5. The van der Waals surface area contributed by atoms with Gasteiger partial charge in [0.25, 0.3) is 0 Å². The van der Waals surface area contributed by atoms with Gasteiger partial charge in [-0.25, -0.2) is 0 Å². The Balaban J connectivity index is 2.39. The summed E-state index contributed by atoms with van der Waals surface area (Å²) in [5.74, 6) is 0. The van der Waals surface area contributed by atoms with Gasteiger partial charge in [-0.05, 0) is 67.7 Å². The van der Waals surface area contributed by atoms with E-state index in [-0.39, 0.29) is 0 Å². The Morgan fingerprint density at radius 2 is 1.80 bits per heavy atom. The van der Waals surface area contributed by atoms with Crippen LogP contribution >= 0.6 is 0 Å². The van der Waals surface area contributed by atoms with Gasteiger partial charge in [-0.15, -0.1) is 0 Å². The third kappa shape index (κ3) is 4.41. The third-order valence-electron chi connectivity index (χ3n) is 4.74. The Kier molecular flexibility index (Phi) is 6.66. The van der Waals surface area contributed by atoms with Gasteiger partial charge in [-0.1, -0.05) is 55.2 Å². The van der Waals surface area contributed by atoms with Gasteiger partial charge in [-0.2, -0.15) is 0 Å². The summed E-state index contributed by atoms with van der Waals surface area (Å²) in [5, 5.41) is 2.99. The number of pyridine rings is 1. The zero-order chi connectivity index (χ0) is 21.5. The van der Waals surface area contributed by atoms with Gasteiger partial charge in [0.1, 0.15) is 0 Å². The Hall–Kier alpha value is -3.85. The third-order valence-corrected chi connectivity index (χ3v) is 4.74. The first-order valence-electron chi connectivity index (χ1n) is 9.87. The molecular formula is C27H27N3. The summed E-state index contributed by atoms with van der Waals surface area (Å²) < 4.78 is 0. The lowest BCUT2D eigenvalue weighted by Crippen LogP contribution is -2.31. The molecule has 3 nitrogen and oxygen atoms in total. The molecule has 2 N–H and O–H groups in total. The van der Waals surface area contributed by atoms with Crippen molar-refractivity contribution < 1.29 is 0 Å². The van der Waals surface area contributed by atoms with E-state index in [1.807, 2.05) is 68.6 Å². The van der Waals surface area contributed by atoms with Gasteiger partial charge in [0.2, 0.25) is 0 Å². The smallest absolute Gasteiger partial charge is 0.0723 e. The molecule has 0 saturated heterocycles. The first-order chi connectivity index (χ1) is 14.6. The van der Waals surface area contributed by atoms with Crippen LogP contribution in [0.4, 0.5) is 11.4 Å². The standard InChI is InChI=1S/C27H27N3/c1-5-22(17-16-20(2)3)30(26-14-6-10-21(4)23(26)11-8-18-28)27-15-7-13-25-24(27)12-9-19-29-25/h5-19H,2,4,28H2,1,3H3/b17-16-,18-8-,22-5+,23-11+. The second-order valence-corrected chi connectivity index (χ2v) is 6.98. The molecule has 0 aliphatic heterocycles. The van der Waals surface area contributed by atoms with Crippen molar-refractivity contribution in [1.82, 2.24) is 4.98 Å². The van der Waals surface area contributed by atoms with E-state index in [4.69, 9.17) is 5.73 Å². The number of nitrogens with two attached hydrogens (primary N) is 1. The van der Waals surface area contributed by atoms with Crippen LogP contribution in [0.3, 0.4) is 0 Å². The van der Waals surface area contributed by atoms with E-state index in [0.29, 0.717) is 0 Å². The number of aromatic nitrogens is 1. The Labute approximate surface area is 178 Å². The van der Waals surface area contributed by atoms with Crippen LogP contribution in [0.2, 0.25) is 0 Å². The molecule has 0 aliphatic carbocycles. The van der Waals surface area contributed by atoms with Crippen molar-refractivity contribution in [2.24, 2.45) is 5.73 Å². The van der Waals surface area contributed by atoms with Crippen molar-refractivity contribution in [2.45, 2.75) is 13.8 Å². The molecule has 1 aromatic heterocycles. The Morgan fingerprint density at radius 3 is 2.53 bits per heavy atom. The molecule has 0 amide bonds. The van der Waals surface area contributed by atoms with Gasteiger partial charge in [0.15, 0.2) is 0 Å². The molecule has 0 fully saturated rings. The molecule has 1 heterocycles. The molecule has 0 bridgehead atoms. The van der Waals surface area contributed by atoms with Crippen molar-refractivity contribution in [3.05, 3.63) is 114 Å². The van der Waals surface area contributed by atoms with E-state index in [9.17, 15) is 0 Å². The highest BCUT2D eigenvalue weighted by molar-refractivity contribution is 5.95. The monoisotopic (exact) mass is 393 g/mol. The van der Waals surface area contributed by atoms with Crippen LogP contribution in [0.15, 0.2) is 103 Å². The number of hydrogen-bond donors (Lipinski definition) is 1. The maximum Gasteiger partial charge on any atom is 0.0723 e. The molecule has 0 saturated carbocycles. The summed E-state index contributed by atoms with van der Waals surface area (Å²) in [6, 6.07) is 16.3. The number of fused-ring (bicyclic) bond motifs is 1. The lowest BCUT2D eigenvalue weighted by atomic mass is 10.1. The fraction of sp³-hybridized carbons (Fsp3) is 0.0741. The normalized spacial score (nSPS) is 12.9. The second kappa shape index (κ2) is 9.57. The quantitative estimate of drug-likeness (QED) is 0.595. The summed E-state index contributed by atoms with van der Waals surface area (Å²) >= 11 is 0. The zero-order valence-electron chi connectivity index (χ0n) is 17.5. The van der Waals surface area contributed by atoms with Crippen LogP contribution in [-0.4, -0.2) is 4.98 Å². The van der Waals surface area contributed by atoms with Crippen molar-refractivity contribution in [3.63, 3.8) is 0 Å². The number of hydrogen-bond acceptors (Lipinski definition) is 3. The van der Waals surface area contributed by atoms with E-state index in [2.05, 4.69) is 53.4 Å². The largest absolute Gasteiger partial charge is 0.405 e. The first kappa shape index (κ1) is 20.9. The summed E-state index contributed by atoms with van der Waals surface area (Å²) in [4.78, 5) is 6.77. The highest BCUT2D eigenvalue weighted by Crippen LogP contribution is 2.33. The van der Waals surface area contributed by atoms with Crippen molar-refractivity contribution in [1.29, 1.82) is 0 Å². The van der Waals surface area contributed by atoms with Gasteiger partial charge in [0, 0.05) is 22.5 Å². The SMILES string of the molecule is C=C(C)/C=C\C(=C/C)N(c1cccc(=C)/c1=C\C=C/N)c1cccc2ncccc12. The molecule has 0 radical (unpaired) electrons. The first-order valence-corrected chi connectivity index (χ1v) is 9.87. The van der Waals surface area contributed by atoms with Gasteiger partial charge >= 0.3 is 0 Å². The molecule has 150 valence electrons. The minimum atomic E-state index is 0.924. The van der Waals surface area contributed by atoms with Crippen molar-refractivity contribution in [3.8, 4) is 0 Å².